The van der Waals surface area contributed by atoms with Gasteiger partial charge in [0.2, 0.25) is 5.95 Å². The van der Waals surface area contributed by atoms with Crippen LogP contribution >= 0.6 is 46.8 Å². The molecule has 0 radical (unpaired) electrons. The van der Waals surface area contributed by atoms with Crippen LogP contribution in [-0.2, 0) is 24.1 Å². The molecule has 0 unspecified atom stereocenters. The third kappa shape index (κ3) is 5.84. The first-order chi connectivity index (χ1) is 15.9. The second-order valence-electron chi connectivity index (χ2n) is 7.57. The Bertz CT molecular complexity index is 1180. The second kappa shape index (κ2) is 10.8. The Labute approximate surface area is 211 Å². The van der Waals surface area contributed by atoms with Gasteiger partial charge in [0.25, 0.3) is 0 Å². The number of rotatable bonds is 6. The number of carbonyl (C=O) groups is 1. The van der Waals surface area contributed by atoms with Crippen molar-refractivity contribution in [1.29, 1.82) is 0 Å². The van der Waals surface area contributed by atoms with Crippen LogP contribution in [0.2, 0.25) is 10.0 Å². The molecule has 3 aromatic rings. The number of hydrogen-bond acceptors (Lipinski definition) is 6. The van der Waals surface area contributed by atoms with Gasteiger partial charge in [-0.2, -0.15) is 0 Å². The van der Waals surface area contributed by atoms with Gasteiger partial charge in [0.1, 0.15) is 11.3 Å². The van der Waals surface area contributed by atoms with E-state index in [0.29, 0.717) is 44.8 Å². The maximum Gasteiger partial charge on any atom is 0.341 e. The van der Waals surface area contributed by atoms with E-state index >= 15 is 0 Å². The molecule has 0 aliphatic heterocycles. The van der Waals surface area contributed by atoms with E-state index in [1.807, 2.05) is 6.07 Å². The molecule has 1 aliphatic rings. The maximum absolute atomic E-state index is 12.7. The monoisotopic (exact) mass is 523 g/mol. The Morgan fingerprint density at radius 1 is 1.24 bits per heavy atom. The van der Waals surface area contributed by atoms with Crippen molar-refractivity contribution in [2.45, 2.75) is 45.6 Å². The zero-order valence-corrected chi connectivity index (χ0v) is 21.1. The first-order valence-electron chi connectivity index (χ1n) is 10.7. The number of esters is 1. The topological polar surface area (TPSA) is 81.1 Å². The quantitative estimate of drug-likeness (QED) is 0.234. The zero-order chi connectivity index (χ0) is 23.4. The molecule has 2 aromatic heterocycles. The first-order valence-corrected chi connectivity index (χ1v) is 12.7. The summed E-state index contributed by atoms with van der Waals surface area (Å²) in [5.41, 5.74) is 2.56. The second-order valence-corrected chi connectivity index (χ2v) is 9.93. The van der Waals surface area contributed by atoms with E-state index in [9.17, 15) is 4.79 Å². The van der Waals surface area contributed by atoms with Crippen LogP contribution in [0.25, 0.3) is 0 Å². The molecule has 0 amide bonds. The molecule has 0 bridgehead atoms. The van der Waals surface area contributed by atoms with Crippen LogP contribution < -0.4 is 10.6 Å². The molecule has 11 heteroatoms. The number of hydrogen-bond donors (Lipinski definition) is 2. The van der Waals surface area contributed by atoms with Crippen LogP contribution in [0.5, 0.6) is 0 Å². The lowest BCUT2D eigenvalue weighted by Gasteiger charge is -2.10. The van der Waals surface area contributed by atoms with Crippen LogP contribution in [0.3, 0.4) is 0 Å². The van der Waals surface area contributed by atoms with Crippen LogP contribution in [0.1, 0.15) is 52.5 Å². The van der Waals surface area contributed by atoms with Crippen molar-refractivity contribution in [3.63, 3.8) is 0 Å². The molecule has 2 heterocycles. The predicted octanol–water partition coefficient (Wildman–Crippen LogP) is 5.95. The van der Waals surface area contributed by atoms with Crippen molar-refractivity contribution in [2.24, 2.45) is 0 Å². The number of anilines is 2. The van der Waals surface area contributed by atoms with E-state index in [4.69, 9.17) is 40.2 Å². The Morgan fingerprint density at radius 3 is 2.85 bits per heavy atom. The van der Waals surface area contributed by atoms with Crippen LogP contribution in [0.4, 0.5) is 10.9 Å². The highest BCUT2D eigenvalue weighted by Crippen LogP contribution is 2.38. The molecular formula is C22H23Cl2N5O2S2. The highest BCUT2D eigenvalue weighted by atomic mass is 35.5. The third-order valence-electron chi connectivity index (χ3n) is 5.24. The number of nitrogens with zero attached hydrogens (tertiary/aromatic N) is 3. The molecular weight excluding hydrogens is 501 g/mol. The Balaban J connectivity index is 1.46. The molecule has 0 atom stereocenters. The lowest BCUT2D eigenvalue weighted by atomic mass is 10.1. The van der Waals surface area contributed by atoms with Gasteiger partial charge in [0, 0.05) is 14.9 Å². The predicted molar refractivity (Wildman–Crippen MR) is 137 cm³/mol. The normalized spacial score (nSPS) is 13.2. The van der Waals surface area contributed by atoms with Gasteiger partial charge in [-0.05, 0) is 68.1 Å². The summed E-state index contributed by atoms with van der Waals surface area (Å²) in [5.74, 6) is 0.0258. The largest absolute Gasteiger partial charge is 0.462 e. The van der Waals surface area contributed by atoms with Gasteiger partial charge < -0.3 is 10.1 Å². The van der Waals surface area contributed by atoms with Crippen LogP contribution in [0.15, 0.2) is 24.5 Å². The molecule has 1 aliphatic carbocycles. The van der Waals surface area contributed by atoms with Gasteiger partial charge in [-0.1, -0.05) is 35.7 Å². The molecule has 33 heavy (non-hydrogen) atoms. The fourth-order valence-corrected chi connectivity index (χ4v) is 5.75. The Morgan fingerprint density at radius 2 is 2.06 bits per heavy atom. The first kappa shape index (κ1) is 23.9. The van der Waals surface area contributed by atoms with Gasteiger partial charge in [-0.3, -0.25) is 5.32 Å². The van der Waals surface area contributed by atoms with Crippen LogP contribution in [-0.4, -0.2) is 32.5 Å². The average Bonchev–Trinajstić information content (AvgIpc) is 3.26. The van der Waals surface area contributed by atoms with Crippen molar-refractivity contribution in [2.75, 3.05) is 17.2 Å². The minimum Gasteiger partial charge on any atom is -0.462 e. The highest BCUT2D eigenvalue weighted by molar-refractivity contribution is 7.80. The number of nitrogens with one attached hydrogen (secondary N) is 2. The molecule has 1 aromatic carbocycles. The zero-order valence-electron chi connectivity index (χ0n) is 18.0. The molecule has 0 fully saturated rings. The van der Waals surface area contributed by atoms with Crippen molar-refractivity contribution in [1.82, 2.24) is 14.8 Å². The number of ether oxygens (including phenoxy) is 1. The molecule has 2 N–H and O–H groups in total. The van der Waals surface area contributed by atoms with Crippen molar-refractivity contribution < 1.29 is 9.53 Å². The fraction of sp³-hybridized carbons (Fsp3) is 0.364. The third-order valence-corrected chi connectivity index (χ3v) is 7.24. The smallest absolute Gasteiger partial charge is 0.341 e. The lowest BCUT2D eigenvalue weighted by Crippen LogP contribution is -2.21. The molecule has 0 spiro atoms. The van der Waals surface area contributed by atoms with Gasteiger partial charge in [-0.25, -0.2) is 14.5 Å². The fourth-order valence-electron chi connectivity index (χ4n) is 3.74. The highest BCUT2D eigenvalue weighted by Gasteiger charge is 2.26. The molecule has 4 rings (SSSR count). The number of aromatic nitrogens is 3. The summed E-state index contributed by atoms with van der Waals surface area (Å²) in [6.45, 7) is 2.57. The Hall–Kier alpha value is -2.20. The Kier molecular flexibility index (Phi) is 7.85. The van der Waals surface area contributed by atoms with Gasteiger partial charge in [0.05, 0.1) is 18.7 Å². The minimum absolute atomic E-state index is 0.305. The van der Waals surface area contributed by atoms with E-state index in [1.54, 1.807) is 41.4 Å². The lowest BCUT2D eigenvalue weighted by molar-refractivity contribution is 0.0527. The van der Waals surface area contributed by atoms with Crippen molar-refractivity contribution in [3.8, 4) is 0 Å². The SMILES string of the molecule is CCOC(=O)c1c(NC(=S)Nc2ncn(Cc3ccc(Cl)cc3Cl)n2)sc2c1CCCCC2. The summed E-state index contributed by atoms with van der Waals surface area (Å²) in [7, 11) is 0. The molecule has 0 saturated carbocycles. The number of thiocarbonyl (C=S) groups is 1. The van der Waals surface area contributed by atoms with E-state index in [2.05, 4.69) is 20.7 Å². The number of carbonyl (C=O) groups excluding carboxylic acids is 1. The van der Waals surface area contributed by atoms with Crippen molar-refractivity contribution in [3.05, 3.63) is 56.1 Å². The summed E-state index contributed by atoms with van der Waals surface area (Å²) in [4.78, 5) is 18.2. The number of thiophene rings is 1. The van der Waals surface area contributed by atoms with Gasteiger partial charge in [-0.15, -0.1) is 16.4 Å². The summed E-state index contributed by atoms with van der Waals surface area (Å²) < 4.78 is 6.98. The maximum atomic E-state index is 12.7. The molecule has 174 valence electrons. The standard InChI is InChI=1S/C22H23Cl2N5O2S2/c1-2-31-20(30)18-15-6-4-3-5-7-17(15)33-19(18)26-22(32)27-21-25-12-29(28-21)11-13-8-9-14(23)10-16(13)24/h8-10,12H,2-7,11H2,1H3,(H2,26,27,28,32). The van der Waals surface area contributed by atoms with Crippen molar-refractivity contribution >= 4 is 68.8 Å². The summed E-state index contributed by atoms with van der Waals surface area (Å²) >= 11 is 19.3. The number of aryl methyl sites for hydroxylation is 1. The summed E-state index contributed by atoms with van der Waals surface area (Å²) in [6, 6.07) is 5.32. The van der Waals surface area contributed by atoms with Gasteiger partial charge >= 0.3 is 5.97 Å². The molecule has 0 saturated heterocycles. The summed E-state index contributed by atoms with van der Waals surface area (Å²) in [6.07, 6.45) is 6.79. The van der Waals surface area contributed by atoms with E-state index in [1.165, 1.54) is 11.3 Å². The summed E-state index contributed by atoms with van der Waals surface area (Å²) in [5, 5.41) is 12.7. The number of fused-ring (bicyclic) bond motifs is 1. The number of halogens is 2. The minimum atomic E-state index is -0.315. The van der Waals surface area contributed by atoms with E-state index < -0.39 is 0 Å². The molecule has 7 nitrogen and oxygen atoms in total. The number of benzene rings is 1. The van der Waals surface area contributed by atoms with E-state index in [0.717, 1.165) is 36.8 Å². The average molecular weight is 524 g/mol. The van der Waals surface area contributed by atoms with E-state index in [-0.39, 0.29) is 5.97 Å². The van der Waals surface area contributed by atoms with Crippen LogP contribution in [0, 0.1) is 0 Å². The van der Waals surface area contributed by atoms with Gasteiger partial charge in [0.15, 0.2) is 5.11 Å².